The molecule has 0 unspecified atom stereocenters. The van der Waals surface area contributed by atoms with Crippen molar-refractivity contribution in [2.45, 2.75) is 46.5 Å². The fourth-order valence-corrected chi connectivity index (χ4v) is 3.72. The number of aromatic amines is 1. The van der Waals surface area contributed by atoms with Crippen LogP contribution in [0.5, 0.6) is 0 Å². The Morgan fingerprint density at radius 2 is 1.86 bits per heavy atom. The lowest BCUT2D eigenvalue weighted by Crippen LogP contribution is -2.21. The Kier molecular flexibility index (Phi) is 5.98. The smallest absolute Gasteiger partial charge is 0.256 e. The van der Waals surface area contributed by atoms with Gasteiger partial charge in [0.25, 0.3) is 5.91 Å². The second kappa shape index (κ2) is 8.79. The van der Waals surface area contributed by atoms with E-state index in [1.165, 1.54) is 0 Å². The first kappa shape index (κ1) is 23.8. The summed E-state index contributed by atoms with van der Waals surface area (Å²) in [5.41, 5.74) is 11.1. The van der Waals surface area contributed by atoms with Crippen molar-refractivity contribution in [3.8, 4) is 0 Å². The maximum Gasteiger partial charge on any atom is 0.256 e. The summed E-state index contributed by atoms with van der Waals surface area (Å²) in [6.45, 7) is 9.64. The minimum absolute atomic E-state index is 0.251. The summed E-state index contributed by atoms with van der Waals surface area (Å²) in [4.78, 5) is 40.4. The molecule has 2 aromatic heterocycles. The summed E-state index contributed by atoms with van der Waals surface area (Å²) in [5, 5.41) is 11.9. The van der Waals surface area contributed by atoms with Gasteiger partial charge in [0.05, 0.1) is 16.9 Å². The fourth-order valence-electron chi connectivity index (χ4n) is 3.72. The number of benzene rings is 1. The van der Waals surface area contributed by atoms with Crippen LogP contribution in [-0.4, -0.2) is 27.9 Å². The summed E-state index contributed by atoms with van der Waals surface area (Å²) in [6, 6.07) is 6.70. The maximum atomic E-state index is 12.6. The lowest BCUT2D eigenvalue weighted by atomic mass is 9.93. The van der Waals surface area contributed by atoms with Crippen molar-refractivity contribution in [3.63, 3.8) is 0 Å². The Balaban J connectivity index is 1.42. The summed E-state index contributed by atoms with van der Waals surface area (Å²) in [5.74, 6) is -0.408. The van der Waals surface area contributed by atoms with Crippen LogP contribution in [0.4, 0.5) is 22.9 Å². The monoisotopic (exact) mass is 476 g/mol. The molecule has 0 bridgehead atoms. The summed E-state index contributed by atoms with van der Waals surface area (Å²) >= 11 is 0. The molecule has 0 aliphatic carbocycles. The van der Waals surface area contributed by atoms with E-state index in [9.17, 15) is 14.4 Å². The van der Waals surface area contributed by atoms with E-state index in [1.807, 2.05) is 34.6 Å². The minimum atomic E-state index is -0.521. The van der Waals surface area contributed by atoms with Gasteiger partial charge in [-0.15, -0.1) is 0 Å². The highest BCUT2D eigenvalue weighted by Gasteiger charge is 2.26. The Bertz CT molecular complexity index is 1370. The molecule has 0 fully saturated rings. The van der Waals surface area contributed by atoms with Gasteiger partial charge in [-0.2, -0.15) is 0 Å². The highest BCUT2D eigenvalue weighted by Crippen LogP contribution is 2.36. The number of rotatable bonds is 5. The maximum absolute atomic E-state index is 12.6. The van der Waals surface area contributed by atoms with Crippen molar-refractivity contribution in [2.24, 2.45) is 0 Å². The average molecular weight is 477 g/mol. The molecule has 10 nitrogen and oxygen atoms in total. The quantitative estimate of drug-likeness (QED) is 0.277. The van der Waals surface area contributed by atoms with Gasteiger partial charge < -0.3 is 31.2 Å². The Morgan fingerprint density at radius 3 is 2.49 bits per heavy atom. The molecule has 182 valence electrons. The largest absolute Gasteiger partial charge is 0.397 e. The Morgan fingerprint density at radius 1 is 1.14 bits per heavy atom. The molecule has 3 aromatic rings. The van der Waals surface area contributed by atoms with Crippen LogP contribution in [-0.2, 0) is 19.8 Å². The Hall–Kier alpha value is -4.34. The number of nitrogens with one attached hydrogen (secondary N) is 4. The molecule has 0 radical (unpaired) electrons. The number of nitrogens with two attached hydrogens (primary N) is 1. The van der Waals surface area contributed by atoms with E-state index in [0.717, 1.165) is 17.0 Å². The molecule has 0 atom stereocenters. The van der Waals surface area contributed by atoms with Gasteiger partial charge in [0.15, 0.2) is 5.82 Å². The van der Waals surface area contributed by atoms with Crippen molar-refractivity contribution < 1.29 is 18.9 Å². The minimum Gasteiger partial charge on any atom is -0.397 e. The molecular formula is C25H28N6O4. The number of nitrogen functional groups attached to an aromatic ring is 1. The van der Waals surface area contributed by atoms with Gasteiger partial charge in [0.2, 0.25) is 11.8 Å². The molecule has 1 aliphatic rings. The molecule has 4 rings (SSSR count). The second-order valence-corrected chi connectivity index (χ2v) is 9.57. The zero-order chi connectivity index (χ0) is 25.5. The van der Waals surface area contributed by atoms with Crippen LogP contribution < -0.4 is 21.7 Å². The highest BCUT2D eigenvalue weighted by molar-refractivity contribution is 6.35. The Labute approximate surface area is 202 Å². The van der Waals surface area contributed by atoms with E-state index in [2.05, 4.69) is 26.1 Å². The van der Waals surface area contributed by atoms with Gasteiger partial charge in [-0.25, -0.2) is 0 Å². The number of carbonyl (C=O) groups excluding carboxylic acids is 3. The number of H-pyrrole nitrogens is 1. The first-order valence-electron chi connectivity index (χ1n) is 11.1. The third kappa shape index (κ3) is 4.96. The van der Waals surface area contributed by atoms with Crippen molar-refractivity contribution in [1.29, 1.82) is 0 Å². The van der Waals surface area contributed by atoms with Crippen LogP contribution >= 0.6 is 0 Å². The fraction of sp³-hybridized carbons (Fsp3) is 0.280. The third-order valence-electron chi connectivity index (χ3n) is 5.75. The normalized spacial score (nSPS) is 14.1. The van der Waals surface area contributed by atoms with Gasteiger partial charge in [-0.05, 0) is 37.6 Å². The molecule has 3 heterocycles. The number of carbonyl (C=O) groups is 3. The summed E-state index contributed by atoms with van der Waals surface area (Å²) < 4.78 is 5.23. The molecule has 35 heavy (non-hydrogen) atoms. The zero-order valence-electron chi connectivity index (χ0n) is 20.3. The number of aromatic nitrogens is 2. The lowest BCUT2D eigenvalue weighted by Gasteiger charge is -2.12. The molecule has 1 aliphatic heterocycles. The van der Waals surface area contributed by atoms with Crippen LogP contribution in [0.1, 0.15) is 55.5 Å². The number of anilines is 4. The van der Waals surface area contributed by atoms with Crippen molar-refractivity contribution in [1.82, 2.24) is 10.1 Å². The van der Waals surface area contributed by atoms with E-state index < -0.39 is 18.2 Å². The van der Waals surface area contributed by atoms with Crippen molar-refractivity contribution in [3.05, 3.63) is 52.5 Å². The van der Waals surface area contributed by atoms with E-state index in [1.54, 1.807) is 30.3 Å². The van der Waals surface area contributed by atoms with Gasteiger partial charge in [0, 0.05) is 34.1 Å². The number of amides is 3. The molecule has 1 aromatic carbocycles. The molecule has 0 saturated carbocycles. The van der Waals surface area contributed by atoms with Crippen LogP contribution in [0.15, 0.2) is 28.8 Å². The van der Waals surface area contributed by atoms with Crippen molar-refractivity contribution in [2.75, 3.05) is 21.7 Å². The first-order chi connectivity index (χ1) is 16.4. The van der Waals surface area contributed by atoms with Gasteiger partial charge in [-0.3, -0.25) is 14.4 Å². The van der Waals surface area contributed by atoms with E-state index in [0.29, 0.717) is 34.0 Å². The number of nitrogens with zero attached hydrogens (tertiary/aromatic N) is 1. The molecule has 0 spiro atoms. The highest BCUT2D eigenvalue weighted by atomic mass is 16.5. The molecular weight excluding hydrogens is 448 g/mol. The van der Waals surface area contributed by atoms with Gasteiger partial charge in [-0.1, -0.05) is 32.0 Å². The molecule has 10 heteroatoms. The van der Waals surface area contributed by atoms with Crippen molar-refractivity contribution >= 4 is 52.3 Å². The van der Waals surface area contributed by atoms with E-state index in [4.69, 9.17) is 10.3 Å². The zero-order valence-corrected chi connectivity index (χ0v) is 20.3. The average Bonchev–Trinajstić information content (AvgIpc) is 3.41. The predicted molar refractivity (Wildman–Crippen MR) is 135 cm³/mol. The molecule has 3 amide bonds. The molecule has 6 N–H and O–H groups in total. The SMILES string of the molecule is Cc1[nH]c(/C=C2\C(=O)Nc3cc(NC(=O)CC(=O)Nc4cc(C(C)(C)C)on4)ccc32)c(C)c1N. The van der Waals surface area contributed by atoms with Crippen LogP contribution in [0.3, 0.4) is 0 Å². The third-order valence-corrected chi connectivity index (χ3v) is 5.75. The topological polar surface area (TPSA) is 155 Å². The van der Waals surface area contributed by atoms with E-state index in [-0.39, 0.29) is 17.1 Å². The van der Waals surface area contributed by atoms with Gasteiger partial charge in [0.1, 0.15) is 12.2 Å². The summed E-state index contributed by atoms with van der Waals surface area (Å²) in [7, 11) is 0. The van der Waals surface area contributed by atoms with E-state index >= 15 is 0 Å². The lowest BCUT2D eigenvalue weighted by molar-refractivity contribution is -0.123. The number of hydrogen-bond acceptors (Lipinski definition) is 6. The standard InChI is InChI=1S/C25H28N6O4/c1-12-17(27-13(2)23(12)26)9-16-15-7-6-14(8-18(15)29-24(16)34)28-21(32)11-22(33)30-20-10-19(35-31-20)25(3,4)5/h6-10,27H,11,26H2,1-5H3,(H,28,32)(H,29,34)(H,30,31,33)/b16-9-. The van der Waals surface area contributed by atoms with Crippen LogP contribution in [0.2, 0.25) is 0 Å². The first-order valence-corrected chi connectivity index (χ1v) is 11.1. The number of aryl methyl sites for hydroxylation is 1. The van der Waals surface area contributed by atoms with Crippen LogP contribution in [0, 0.1) is 13.8 Å². The van der Waals surface area contributed by atoms with Crippen LogP contribution in [0.25, 0.3) is 11.6 Å². The number of hydrogen-bond donors (Lipinski definition) is 5. The summed E-state index contributed by atoms with van der Waals surface area (Å²) in [6.07, 6.45) is 1.36. The molecule has 0 saturated heterocycles. The number of fused-ring (bicyclic) bond motifs is 1. The van der Waals surface area contributed by atoms with Gasteiger partial charge >= 0.3 is 0 Å². The second-order valence-electron chi connectivity index (χ2n) is 9.57. The predicted octanol–water partition coefficient (Wildman–Crippen LogP) is 3.96.